The van der Waals surface area contributed by atoms with Crippen molar-refractivity contribution in [2.45, 2.75) is 25.3 Å². The van der Waals surface area contributed by atoms with Crippen molar-refractivity contribution >= 4 is 37.6 Å². The molecule has 0 spiro atoms. The monoisotopic (exact) mass is 394 g/mol. The number of nitrogens with two attached hydrogens (primary N) is 1. The van der Waals surface area contributed by atoms with Gasteiger partial charge in [0.25, 0.3) is 0 Å². The van der Waals surface area contributed by atoms with Gasteiger partial charge in [-0.25, -0.2) is 12.7 Å². The summed E-state index contributed by atoms with van der Waals surface area (Å²) < 4.78 is 25.8. The Balaban J connectivity index is 2.05. The van der Waals surface area contributed by atoms with Gasteiger partial charge in [0, 0.05) is 28.6 Å². The van der Waals surface area contributed by atoms with Crippen LogP contribution in [0.25, 0.3) is 0 Å². The molecule has 0 radical (unpaired) electrons. The van der Waals surface area contributed by atoms with Crippen molar-refractivity contribution < 1.29 is 8.42 Å². The maximum absolute atomic E-state index is 11.7. The molecule has 2 rings (SSSR count). The van der Waals surface area contributed by atoms with E-state index in [0.29, 0.717) is 18.1 Å². The summed E-state index contributed by atoms with van der Waals surface area (Å²) in [7, 11) is -3.11. The molecule has 1 aromatic rings. The molecule has 2 unspecified atom stereocenters. The van der Waals surface area contributed by atoms with Crippen LogP contribution in [0.5, 0.6) is 0 Å². The molecule has 1 aromatic carbocycles. The third kappa shape index (κ3) is 4.66. The van der Waals surface area contributed by atoms with Crippen LogP contribution in [-0.4, -0.2) is 32.1 Å². The number of benzene rings is 1. The standard InChI is InChI=1S/C14H20BrClN2O2S/c1-21(19,20)18-6-2-3-10(9-18)7-14(17)12-8-11(16)4-5-13(12)15/h4-5,8,10,14H,2-3,6-7,9,17H2,1H3. The molecule has 0 aliphatic carbocycles. The Bertz CT molecular complexity index is 609. The van der Waals surface area contributed by atoms with Crippen molar-refractivity contribution in [2.75, 3.05) is 19.3 Å². The second kappa shape index (κ2) is 6.96. The maximum atomic E-state index is 11.7. The van der Waals surface area contributed by atoms with Gasteiger partial charge in [-0.15, -0.1) is 0 Å². The third-order valence-electron chi connectivity index (χ3n) is 3.90. The van der Waals surface area contributed by atoms with E-state index in [0.717, 1.165) is 29.3 Å². The van der Waals surface area contributed by atoms with E-state index in [4.69, 9.17) is 17.3 Å². The Hall–Kier alpha value is -0.140. The average Bonchev–Trinajstić information content (AvgIpc) is 2.41. The summed E-state index contributed by atoms with van der Waals surface area (Å²) in [6, 6.07) is 5.42. The summed E-state index contributed by atoms with van der Waals surface area (Å²) in [4.78, 5) is 0. The van der Waals surface area contributed by atoms with Crippen LogP contribution < -0.4 is 5.73 Å². The number of rotatable bonds is 4. The molecule has 0 aromatic heterocycles. The van der Waals surface area contributed by atoms with Gasteiger partial charge in [0.2, 0.25) is 10.0 Å². The van der Waals surface area contributed by atoms with Gasteiger partial charge in [0.05, 0.1) is 6.26 Å². The van der Waals surface area contributed by atoms with E-state index in [1.807, 2.05) is 18.2 Å². The minimum absolute atomic E-state index is 0.150. The number of hydrogen-bond donors (Lipinski definition) is 1. The van der Waals surface area contributed by atoms with Crippen molar-refractivity contribution in [2.24, 2.45) is 11.7 Å². The largest absolute Gasteiger partial charge is 0.324 e. The molecule has 4 nitrogen and oxygen atoms in total. The normalized spacial score (nSPS) is 22.2. The molecule has 2 atom stereocenters. The highest BCUT2D eigenvalue weighted by Gasteiger charge is 2.27. The van der Waals surface area contributed by atoms with Gasteiger partial charge < -0.3 is 5.73 Å². The van der Waals surface area contributed by atoms with Crippen LogP contribution >= 0.6 is 27.5 Å². The number of nitrogens with zero attached hydrogens (tertiary/aromatic N) is 1. The van der Waals surface area contributed by atoms with E-state index in [2.05, 4.69) is 15.9 Å². The molecule has 0 bridgehead atoms. The first-order valence-corrected chi connectivity index (χ1v) is 9.95. The van der Waals surface area contributed by atoms with E-state index in [-0.39, 0.29) is 12.0 Å². The summed E-state index contributed by atoms with van der Waals surface area (Å²) >= 11 is 9.52. The predicted octanol–water partition coefficient (Wildman–Crippen LogP) is 3.16. The summed E-state index contributed by atoms with van der Waals surface area (Å²) in [5.41, 5.74) is 7.26. The van der Waals surface area contributed by atoms with E-state index < -0.39 is 10.0 Å². The lowest BCUT2D eigenvalue weighted by atomic mass is 9.90. The molecule has 7 heteroatoms. The number of hydrogen-bond acceptors (Lipinski definition) is 3. The van der Waals surface area contributed by atoms with Crippen LogP contribution in [0.1, 0.15) is 30.9 Å². The topological polar surface area (TPSA) is 63.4 Å². The SMILES string of the molecule is CS(=O)(=O)N1CCCC(CC(N)c2cc(Cl)ccc2Br)C1. The first-order chi connectivity index (χ1) is 9.77. The highest BCUT2D eigenvalue weighted by atomic mass is 79.9. The fourth-order valence-corrected chi connectivity index (χ4v) is 4.47. The molecule has 1 heterocycles. The van der Waals surface area contributed by atoms with E-state index in [1.54, 1.807) is 4.31 Å². The van der Waals surface area contributed by atoms with Crippen molar-refractivity contribution in [3.63, 3.8) is 0 Å². The van der Waals surface area contributed by atoms with Crippen molar-refractivity contribution in [3.05, 3.63) is 33.3 Å². The molecule has 1 saturated heterocycles. The van der Waals surface area contributed by atoms with Gasteiger partial charge in [-0.2, -0.15) is 0 Å². The zero-order valence-corrected chi connectivity index (χ0v) is 15.1. The van der Waals surface area contributed by atoms with E-state index in [1.165, 1.54) is 6.26 Å². The van der Waals surface area contributed by atoms with Crippen molar-refractivity contribution in [1.82, 2.24) is 4.31 Å². The molecule has 21 heavy (non-hydrogen) atoms. The fourth-order valence-electron chi connectivity index (χ4n) is 2.81. The van der Waals surface area contributed by atoms with Crippen molar-refractivity contribution in [1.29, 1.82) is 0 Å². The lowest BCUT2D eigenvalue weighted by Gasteiger charge is -2.32. The van der Waals surface area contributed by atoms with Gasteiger partial charge in [0.15, 0.2) is 0 Å². The van der Waals surface area contributed by atoms with Gasteiger partial charge in [0.1, 0.15) is 0 Å². The van der Waals surface area contributed by atoms with Gasteiger partial charge in [-0.1, -0.05) is 27.5 Å². The molecular weight excluding hydrogens is 376 g/mol. The predicted molar refractivity (Wildman–Crippen MR) is 89.8 cm³/mol. The Labute approximate surface area is 139 Å². The van der Waals surface area contributed by atoms with Gasteiger partial charge >= 0.3 is 0 Å². The van der Waals surface area contributed by atoms with Crippen LogP contribution in [-0.2, 0) is 10.0 Å². The third-order valence-corrected chi connectivity index (χ3v) is 6.12. The maximum Gasteiger partial charge on any atom is 0.211 e. The van der Waals surface area contributed by atoms with Gasteiger partial charge in [-0.05, 0) is 48.9 Å². The number of sulfonamides is 1. The average molecular weight is 396 g/mol. The Kier molecular flexibility index (Phi) is 5.71. The quantitative estimate of drug-likeness (QED) is 0.851. The van der Waals surface area contributed by atoms with Crippen LogP contribution in [0, 0.1) is 5.92 Å². The van der Waals surface area contributed by atoms with E-state index in [9.17, 15) is 8.42 Å². The smallest absolute Gasteiger partial charge is 0.211 e. The number of halogens is 2. The number of piperidine rings is 1. The molecule has 0 amide bonds. The first-order valence-electron chi connectivity index (χ1n) is 6.93. The summed E-state index contributed by atoms with van der Waals surface area (Å²) in [6.45, 7) is 1.18. The molecule has 1 fully saturated rings. The minimum Gasteiger partial charge on any atom is -0.324 e. The Morgan fingerprint density at radius 1 is 1.52 bits per heavy atom. The van der Waals surface area contributed by atoms with Crippen LogP contribution in [0.15, 0.2) is 22.7 Å². The van der Waals surface area contributed by atoms with Crippen LogP contribution in [0.2, 0.25) is 5.02 Å². The van der Waals surface area contributed by atoms with Crippen LogP contribution in [0.3, 0.4) is 0 Å². The fraction of sp³-hybridized carbons (Fsp3) is 0.571. The molecule has 0 saturated carbocycles. The second-order valence-electron chi connectivity index (χ2n) is 5.64. The first kappa shape index (κ1) is 17.2. The summed E-state index contributed by atoms with van der Waals surface area (Å²) in [5.74, 6) is 0.286. The minimum atomic E-state index is -3.11. The second-order valence-corrected chi connectivity index (χ2v) is 8.91. The molecule has 1 aliphatic rings. The Morgan fingerprint density at radius 3 is 2.90 bits per heavy atom. The van der Waals surface area contributed by atoms with Crippen molar-refractivity contribution in [3.8, 4) is 0 Å². The molecular formula is C14H20BrClN2O2S. The summed E-state index contributed by atoms with van der Waals surface area (Å²) in [6.07, 6.45) is 3.92. The summed E-state index contributed by atoms with van der Waals surface area (Å²) in [5, 5.41) is 0.657. The van der Waals surface area contributed by atoms with Gasteiger partial charge in [-0.3, -0.25) is 0 Å². The molecule has 1 aliphatic heterocycles. The molecule has 118 valence electrons. The molecule has 2 N–H and O–H groups in total. The zero-order chi connectivity index (χ0) is 15.6. The highest BCUT2D eigenvalue weighted by molar-refractivity contribution is 9.10. The highest BCUT2D eigenvalue weighted by Crippen LogP contribution is 2.32. The lowest BCUT2D eigenvalue weighted by molar-refractivity contribution is 0.247. The van der Waals surface area contributed by atoms with E-state index >= 15 is 0 Å². The zero-order valence-electron chi connectivity index (χ0n) is 11.9. The lowest BCUT2D eigenvalue weighted by Crippen LogP contribution is -2.40. The Morgan fingerprint density at radius 2 is 2.24 bits per heavy atom. The van der Waals surface area contributed by atoms with Crippen LogP contribution in [0.4, 0.5) is 0 Å².